The SMILES string of the molecule is CC(C)CCCCCCCCCCCCCCCCC(=O)O[C@H](COC(=O)CCCCCCCCCCC(C)C)COP(=O)(O)OCC(O)COP(=O)(O)OC[C@@H](COC(=O)CCCCCCCCCCC(C)C)OC(=O)CCCCCCCCCCC(C)C. The summed E-state index contributed by atoms with van der Waals surface area (Å²) in [7, 11) is -9.90. The Balaban J connectivity index is 5.24. The average Bonchev–Trinajstić information content (AvgIpc) is 3.67. The molecule has 0 rings (SSSR count). The van der Waals surface area contributed by atoms with Gasteiger partial charge >= 0.3 is 39.5 Å². The van der Waals surface area contributed by atoms with Crippen molar-refractivity contribution in [1.29, 1.82) is 0 Å². The van der Waals surface area contributed by atoms with Gasteiger partial charge in [-0.25, -0.2) is 9.13 Å². The zero-order chi connectivity index (χ0) is 66.8. The molecular formula is C71H138O17P2. The molecule has 0 aliphatic carbocycles. The van der Waals surface area contributed by atoms with Crippen LogP contribution in [0.3, 0.4) is 0 Å². The van der Waals surface area contributed by atoms with Crippen LogP contribution in [-0.4, -0.2) is 96.7 Å². The maximum absolute atomic E-state index is 13.0. The van der Waals surface area contributed by atoms with Crippen molar-refractivity contribution in [3.63, 3.8) is 0 Å². The Labute approximate surface area is 549 Å². The largest absolute Gasteiger partial charge is 0.472 e. The summed E-state index contributed by atoms with van der Waals surface area (Å²) in [6.45, 7) is 14.1. The van der Waals surface area contributed by atoms with Crippen molar-refractivity contribution in [1.82, 2.24) is 0 Å². The lowest BCUT2D eigenvalue weighted by molar-refractivity contribution is -0.161. The van der Waals surface area contributed by atoms with Crippen LogP contribution < -0.4 is 0 Å². The maximum Gasteiger partial charge on any atom is 0.472 e. The second-order valence-electron chi connectivity index (χ2n) is 27.5. The molecule has 0 amide bonds. The number of esters is 4. The molecule has 0 radical (unpaired) electrons. The smallest absolute Gasteiger partial charge is 0.462 e. The number of phosphoric ester groups is 2. The van der Waals surface area contributed by atoms with Crippen LogP contribution in [0.2, 0.25) is 0 Å². The average molecular weight is 1330 g/mol. The minimum Gasteiger partial charge on any atom is -0.462 e. The standard InChI is InChI=1S/C71H138O17P2/c1-61(2)47-39-31-23-15-13-11-9-10-12-14-16-29-37-45-53-70(75)87-66(57-81-68(73)51-43-35-27-20-17-24-32-40-48-62(3)4)59-85-89(77,78)83-55-65(72)56-84-90(79,80)86-60-67(88-71(76)54-46-38-30-22-19-26-34-42-50-64(7)8)58-82-69(74)52-44-36-28-21-18-25-33-41-49-63(5)6/h61-67,72H,9-60H2,1-8H3,(H,77,78)(H,79,80)/t65?,66-,67-/m1/s1. The first-order valence-electron chi connectivity index (χ1n) is 36.7. The Kier molecular flexibility index (Phi) is 59.4. The van der Waals surface area contributed by atoms with Gasteiger partial charge in [-0.15, -0.1) is 0 Å². The van der Waals surface area contributed by atoms with Crippen LogP contribution in [0.25, 0.3) is 0 Å². The monoisotopic (exact) mass is 1320 g/mol. The number of unbranched alkanes of at least 4 members (excludes halogenated alkanes) is 34. The lowest BCUT2D eigenvalue weighted by Crippen LogP contribution is -2.30. The van der Waals surface area contributed by atoms with Crippen molar-refractivity contribution in [3.8, 4) is 0 Å². The van der Waals surface area contributed by atoms with Gasteiger partial charge in [-0.05, 0) is 49.4 Å². The number of carbonyl (C=O) groups excluding carboxylic acids is 4. The van der Waals surface area contributed by atoms with Crippen LogP contribution in [0.1, 0.15) is 351 Å². The Hall–Kier alpha value is -1.94. The number of carbonyl (C=O) groups is 4. The summed E-state index contributed by atoms with van der Waals surface area (Å²) < 4.78 is 68.3. The summed E-state index contributed by atoms with van der Waals surface area (Å²) in [5.74, 6) is 0.836. The van der Waals surface area contributed by atoms with Crippen molar-refractivity contribution >= 4 is 39.5 Å². The van der Waals surface area contributed by atoms with E-state index in [1.807, 2.05) is 0 Å². The first kappa shape index (κ1) is 88.1. The third kappa shape index (κ3) is 64.8. The van der Waals surface area contributed by atoms with Crippen LogP contribution in [-0.2, 0) is 65.4 Å². The summed E-state index contributed by atoms with van der Waals surface area (Å²) in [6, 6.07) is 0. The highest BCUT2D eigenvalue weighted by atomic mass is 31.2. The number of aliphatic hydroxyl groups excluding tert-OH is 1. The molecule has 0 aliphatic heterocycles. The summed E-state index contributed by atoms with van der Waals surface area (Å²) in [6.07, 6.45) is 43.2. The molecule has 0 aliphatic rings. The van der Waals surface area contributed by atoms with E-state index in [4.69, 9.17) is 37.0 Å². The van der Waals surface area contributed by atoms with E-state index in [1.165, 1.54) is 154 Å². The second-order valence-corrected chi connectivity index (χ2v) is 30.4. The molecule has 3 unspecified atom stereocenters. The molecule has 19 heteroatoms. The minimum atomic E-state index is -4.95. The van der Waals surface area contributed by atoms with Gasteiger partial charge in [-0.3, -0.25) is 37.3 Å². The summed E-state index contributed by atoms with van der Waals surface area (Å²) in [5, 5.41) is 10.6. The molecule has 0 spiro atoms. The van der Waals surface area contributed by atoms with Crippen LogP contribution in [0, 0.1) is 23.7 Å². The zero-order valence-corrected chi connectivity index (χ0v) is 60.6. The van der Waals surface area contributed by atoms with Gasteiger partial charge in [0.1, 0.15) is 19.3 Å². The predicted molar refractivity (Wildman–Crippen MR) is 363 cm³/mol. The highest BCUT2D eigenvalue weighted by molar-refractivity contribution is 7.47. The van der Waals surface area contributed by atoms with Gasteiger partial charge in [-0.2, -0.15) is 0 Å². The van der Waals surface area contributed by atoms with Crippen LogP contribution >= 0.6 is 15.6 Å². The Morgan fingerprint density at radius 1 is 0.278 bits per heavy atom. The molecule has 0 aromatic rings. The fraction of sp³-hybridized carbons (Fsp3) is 0.944. The minimum absolute atomic E-state index is 0.103. The molecule has 0 saturated heterocycles. The molecule has 0 saturated carbocycles. The highest BCUT2D eigenvalue weighted by Crippen LogP contribution is 2.45. The molecule has 0 aromatic heterocycles. The van der Waals surface area contributed by atoms with E-state index < -0.39 is 97.5 Å². The topological polar surface area (TPSA) is 237 Å². The maximum atomic E-state index is 13.0. The molecule has 90 heavy (non-hydrogen) atoms. The number of ether oxygens (including phenoxy) is 4. The van der Waals surface area contributed by atoms with Gasteiger partial charge in [0.15, 0.2) is 12.2 Å². The Bertz CT molecular complexity index is 1780. The summed E-state index contributed by atoms with van der Waals surface area (Å²) in [5.41, 5.74) is 0. The Morgan fingerprint density at radius 3 is 0.689 bits per heavy atom. The molecular weight excluding hydrogens is 1190 g/mol. The van der Waals surface area contributed by atoms with Crippen molar-refractivity contribution < 1.29 is 80.2 Å². The van der Waals surface area contributed by atoms with Crippen LogP contribution in [0.15, 0.2) is 0 Å². The van der Waals surface area contributed by atoms with Crippen LogP contribution in [0.5, 0.6) is 0 Å². The molecule has 0 aromatic carbocycles. The van der Waals surface area contributed by atoms with E-state index in [2.05, 4.69) is 55.4 Å². The lowest BCUT2D eigenvalue weighted by Gasteiger charge is -2.21. The number of aliphatic hydroxyl groups is 1. The fourth-order valence-corrected chi connectivity index (χ4v) is 12.2. The molecule has 534 valence electrons. The molecule has 0 bridgehead atoms. The van der Waals surface area contributed by atoms with Crippen molar-refractivity contribution in [2.45, 2.75) is 369 Å². The molecule has 5 atom stereocenters. The van der Waals surface area contributed by atoms with E-state index in [0.717, 1.165) is 114 Å². The second kappa shape index (κ2) is 60.7. The van der Waals surface area contributed by atoms with Gasteiger partial charge < -0.3 is 33.8 Å². The van der Waals surface area contributed by atoms with Crippen molar-refractivity contribution in [2.24, 2.45) is 23.7 Å². The third-order valence-electron chi connectivity index (χ3n) is 16.3. The fourth-order valence-electron chi connectivity index (χ4n) is 10.7. The van der Waals surface area contributed by atoms with Gasteiger partial charge in [0, 0.05) is 25.7 Å². The van der Waals surface area contributed by atoms with Crippen molar-refractivity contribution in [3.05, 3.63) is 0 Å². The first-order valence-corrected chi connectivity index (χ1v) is 39.7. The molecule has 3 N–H and O–H groups in total. The van der Waals surface area contributed by atoms with E-state index in [9.17, 15) is 43.2 Å². The zero-order valence-electron chi connectivity index (χ0n) is 58.8. The number of phosphoric acid groups is 2. The third-order valence-corrected chi connectivity index (χ3v) is 18.2. The molecule has 0 fully saturated rings. The van der Waals surface area contributed by atoms with E-state index in [-0.39, 0.29) is 25.7 Å². The Morgan fingerprint density at radius 2 is 0.467 bits per heavy atom. The van der Waals surface area contributed by atoms with Crippen molar-refractivity contribution in [2.75, 3.05) is 39.6 Å². The van der Waals surface area contributed by atoms with E-state index in [1.54, 1.807) is 0 Å². The molecule has 0 heterocycles. The first-order chi connectivity index (χ1) is 43.1. The summed E-state index contributed by atoms with van der Waals surface area (Å²) in [4.78, 5) is 72.6. The van der Waals surface area contributed by atoms with E-state index in [0.29, 0.717) is 25.7 Å². The highest BCUT2D eigenvalue weighted by Gasteiger charge is 2.30. The normalized spacial score (nSPS) is 14.3. The number of rotatable bonds is 68. The summed E-state index contributed by atoms with van der Waals surface area (Å²) >= 11 is 0. The number of hydrogen-bond acceptors (Lipinski definition) is 15. The quantitative estimate of drug-likeness (QED) is 0.0222. The van der Waals surface area contributed by atoms with E-state index >= 15 is 0 Å². The van der Waals surface area contributed by atoms with Crippen LogP contribution in [0.4, 0.5) is 0 Å². The van der Waals surface area contributed by atoms with Gasteiger partial charge in [0.2, 0.25) is 0 Å². The number of hydrogen-bond donors (Lipinski definition) is 3. The predicted octanol–water partition coefficient (Wildman–Crippen LogP) is 20.1. The van der Waals surface area contributed by atoms with Gasteiger partial charge in [0.05, 0.1) is 26.4 Å². The lowest BCUT2D eigenvalue weighted by atomic mass is 10.0. The van der Waals surface area contributed by atoms with Gasteiger partial charge in [0.25, 0.3) is 0 Å². The molecule has 17 nitrogen and oxygen atoms in total. The van der Waals surface area contributed by atoms with Gasteiger partial charge in [-0.1, -0.05) is 299 Å².